The summed E-state index contributed by atoms with van der Waals surface area (Å²) in [7, 11) is 0. The Kier molecular flexibility index (Phi) is 3.26. The summed E-state index contributed by atoms with van der Waals surface area (Å²) in [6, 6.07) is 8.52. The van der Waals surface area contributed by atoms with E-state index < -0.39 is 5.82 Å². The van der Waals surface area contributed by atoms with Gasteiger partial charge < -0.3 is 0 Å². The minimum absolute atomic E-state index is 0.171. The van der Waals surface area contributed by atoms with E-state index >= 15 is 0 Å². The van der Waals surface area contributed by atoms with Gasteiger partial charge in [-0.3, -0.25) is 4.79 Å². The lowest BCUT2D eigenvalue weighted by Crippen LogP contribution is -1.96. The molecular weight excluding hydrogens is 326 g/mol. The van der Waals surface area contributed by atoms with Crippen molar-refractivity contribution in [1.29, 1.82) is 0 Å². The smallest absolute Gasteiger partial charge is 0.189 e. The zero-order valence-electron chi connectivity index (χ0n) is 10.3. The van der Waals surface area contributed by atoms with Gasteiger partial charge in [0.15, 0.2) is 5.78 Å². The molecule has 1 aliphatic carbocycles. The van der Waals surface area contributed by atoms with E-state index in [9.17, 15) is 13.6 Å². The minimum atomic E-state index is -0.415. The molecule has 0 spiro atoms. The number of allylic oxidation sites excluding steroid dienone is 1. The fraction of sp³-hybridized carbons (Fsp3) is 0.0625. The normalized spacial score (nSPS) is 15.8. The molecule has 0 N–H and O–H groups in total. The molecule has 0 aromatic heterocycles. The molecule has 0 unspecified atom stereocenters. The van der Waals surface area contributed by atoms with Gasteiger partial charge in [-0.1, -0.05) is 28.1 Å². The molecule has 3 rings (SSSR count). The first-order chi connectivity index (χ1) is 9.54. The van der Waals surface area contributed by atoms with E-state index in [1.54, 1.807) is 18.2 Å². The maximum absolute atomic E-state index is 13.2. The Labute approximate surface area is 123 Å². The highest BCUT2D eigenvalue weighted by atomic mass is 79.9. The summed E-state index contributed by atoms with van der Waals surface area (Å²) in [6.45, 7) is 0. The lowest BCUT2D eigenvalue weighted by atomic mass is 10.1. The third kappa shape index (κ3) is 2.31. The van der Waals surface area contributed by atoms with E-state index in [2.05, 4.69) is 15.9 Å². The van der Waals surface area contributed by atoms with Gasteiger partial charge in [-0.05, 0) is 41.5 Å². The number of rotatable bonds is 1. The third-order valence-corrected chi connectivity index (χ3v) is 3.97. The summed E-state index contributed by atoms with van der Waals surface area (Å²) < 4.78 is 26.8. The molecule has 2 aromatic carbocycles. The van der Waals surface area contributed by atoms with Crippen LogP contribution in [0.25, 0.3) is 6.08 Å². The number of hydrogen-bond acceptors (Lipinski definition) is 1. The molecule has 1 aliphatic rings. The first-order valence-electron chi connectivity index (χ1n) is 6.03. The van der Waals surface area contributed by atoms with Crippen LogP contribution in [-0.2, 0) is 6.42 Å². The summed E-state index contributed by atoms with van der Waals surface area (Å²) >= 11 is 3.27. The minimum Gasteiger partial charge on any atom is -0.289 e. The predicted molar refractivity (Wildman–Crippen MR) is 76.5 cm³/mol. The van der Waals surface area contributed by atoms with Gasteiger partial charge >= 0.3 is 0 Å². The summed E-state index contributed by atoms with van der Waals surface area (Å²) in [5, 5.41) is 0. The van der Waals surface area contributed by atoms with Gasteiger partial charge in [0.2, 0.25) is 0 Å². The zero-order chi connectivity index (χ0) is 14.3. The molecule has 1 nitrogen and oxygen atoms in total. The van der Waals surface area contributed by atoms with Crippen LogP contribution in [0.1, 0.15) is 21.5 Å². The molecule has 0 heterocycles. The lowest BCUT2D eigenvalue weighted by molar-refractivity contribution is 0.104. The fourth-order valence-corrected chi connectivity index (χ4v) is 2.76. The monoisotopic (exact) mass is 334 g/mol. The van der Waals surface area contributed by atoms with Gasteiger partial charge in [-0.2, -0.15) is 0 Å². The molecule has 100 valence electrons. The number of benzene rings is 2. The van der Waals surface area contributed by atoms with E-state index in [-0.39, 0.29) is 11.6 Å². The van der Waals surface area contributed by atoms with Crippen LogP contribution in [0.3, 0.4) is 0 Å². The maximum atomic E-state index is 13.2. The lowest BCUT2D eigenvalue weighted by Gasteiger charge is -2.00. The van der Waals surface area contributed by atoms with Crippen LogP contribution < -0.4 is 0 Å². The van der Waals surface area contributed by atoms with Crippen LogP contribution in [0.4, 0.5) is 8.78 Å². The maximum Gasteiger partial charge on any atom is 0.189 e. The van der Waals surface area contributed by atoms with Crippen LogP contribution in [0, 0.1) is 11.6 Å². The van der Waals surface area contributed by atoms with Crippen molar-refractivity contribution in [3.63, 3.8) is 0 Å². The van der Waals surface area contributed by atoms with Crippen LogP contribution >= 0.6 is 15.9 Å². The molecule has 0 atom stereocenters. The van der Waals surface area contributed by atoms with E-state index in [0.29, 0.717) is 22.0 Å². The Bertz CT molecular complexity index is 750. The Balaban J connectivity index is 2.01. The van der Waals surface area contributed by atoms with Crippen molar-refractivity contribution in [2.24, 2.45) is 0 Å². The first kappa shape index (κ1) is 13.2. The first-order valence-corrected chi connectivity index (χ1v) is 6.82. The number of carbonyl (C=O) groups is 1. The Morgan fingerprint density at radius 1 is 1.05 bits per heavy atom. The summed E-state index contributed by atoms with van der Waals surface area (Å²) in [6.07, 6.45) is 2.18. The SMILES string of the molecule is O=C1/C(=C/c2ccc(F)cc2Br)Cc2ccc(F)cc21. The van der Waals surface area contributed by atoms with Gasteiger partial charge in [-0.15, -0.1) is 0 Å². The van der Waals surface area contributed by atoms with Crippen molar-refractivity contribution in [2.45, 2.75) is 6.42 Å². The average molecular weight is 335 g/mol. The third-order valence-electron chi connectivity index (χ3n) is 3.28. The van der Waals surface area contributed by atoms with Crippen LogP contribution in [0.5, 0.6) is 0 Å². The molecule has 0 saturated carbocycles. The number of carbonyl (C=O) groups excluding carboxylic acids is 1. The fourth-order valence-electron chi connectivity index (χ4n) is 2.30. The molecule has 0 amide bonds. The molecule has 0 fully saturated rings. The number of hydrogen-bond donors (Lipinski definition) is 0. The van der Waals surface area contributed by atoms with Gasteiger partial charge in [0.1, 0.15) is 11.6 Å². The second kappa shape index (κ2) is 4.94. The Morgan fingerprint density at radius 3 is 2.50 bits per heavy atom. The summed E-state index contributed by atoms with van der Waals surface area (Å²) in [4.78, 5) is 12.2. The highest BCUT2D eigenvalue weighted by molar-refractivity contribution is 9.10. The van der Waals surface area contributed by atoms with Gasteiger partial charge in [0.25, 0.3) is 0 Å². The van der Waals surface area contributed by atoms with Crippen LogP contribution in [0.15, 0.2) is 46.4 Å². The molecule has 2 aromatic rings. The molecule has 0 aliphatic heterocycles. The quantitative estimate of drug-likeness (QED) is 0.699. The molecule has 4 heteroatoms. The molecule has 0 saturated heterocycles. The number of ketones is 1. The van der Waals surface area contributed by atoms with Gasteiger partial charge in [0.05, 0.1) is 0 Å². The van der Waals surface area contributed by atoms with Gasteiger partial charge in [-0.25, -0.2) is 8.78 Å². The largest absolute Gasteiger partial charge is 0.289 e. The van der Waals surface area contributed by atoms with E-state index in [0.717, 1.165) is 11.1 Å². The number of halogens is 3. The van der Waals surface area contributed by atoms with E-state index in [4.69, 9.17) is 0 Å². The van der Waals surface area contributed by atoms with Crippen molar-refractivity contribution in [3.05, 3.63) is 74.8 Å². The van der Waals surface area contributed by atoms with Crippen molar-refractivity contribution in [3.8, 4) is 0 Å². The average Bonchev–Trinajstić information content (AvgIpc) is 2.70. The molecule has 0 bridgehead atoms. The topological polar surface area (TPSA) is 17.1 Å². The second-order valence-corrected chi connectivity index (χ2v) is 5.50. The molecular formula is C16H9BrF2O. The Morgan fingerprint density at radius 2 is 1.75 bits per heavy atom. The van der Waals surface area contributed by atoms with Crippen molar-refractivity contribution in [2.75, 3.05) is 0 Å². The Hall–Kier alpha value is -1.81. The molecule has 20 heavy (non-hydrogen) atoms. The van der Waals surface area contributed by atoms with E-state index in [1.165, 1.54) is 24.3 Å². The summed E-state index contributed by atoms with van der Waals surface area (Å²) in [5.41, 5.74) is 2.54. The standard InChI is InChI=1S/C16H9BrF2O/c17-15-8-13(19)4-2-10(15)6-11-5-9-1-3-12(18)7-14(9)16(11)20/h1-4,6-8H,5H2/b11-6+. The highest BCUT2D eigenvalue weighted by Crippen LogP contribution is 2.30. The molecule has 0 radical (unpaired) electrons. The number of fused-ring (bicyclic) bond motifs is 1. The van der Waals surface area contributed by atoms with Crippen LogP contribution in [0.2, 0.25) is 0 Å². The predicted octanol–water partition coefficient (Wildman–Crippen LogP) is 4.55. The number of Topliss-reactive ketones (excluding diaryl/α,β-unsaturated/α-hetero) is 1. The highest BCUT2D eigenvalue weighted by Gasteiger charge is 2.25. The second-order valence-electron chi connectivity index (χ2n) is 4.64. The van der Waals surface area contributed by atoms with Crippen LogP contribution in [-0.4, -0.2) is 5.78 Å². The van der Waals surface area contributed by atoms with E-state index in [1.807, 2.05) is 0 Å². The van der Waals surface area contributed by atoms with Crippen molar-refractivity contribution < 1.29 is 13.6 Å². The zero-order valence-corrected chi connectivity index (χ0v) is 11.9. The summed E-state index contributed by atoms with van der Waals surface area (Å²) in [5.74, 6) is -0.931. The van der Waals surface area contributed by atoms with Crippen molar-refractivity contribution in [1.82, 2.24) is 0 Å². The van der Waals surface area contributed by atoms with Crippen molar-refractivity contribution >= 4 is 27.8 Å². The van der Waals surface area contributed by atoms with Gasteiger partial charge in [0, 0.05) is 22.0 Å².